The molecule has 0 aliphatic carbocycles. The maximum atomic E-state index is 6.17. The van der Waals surface area contributed by atoms with Crippen molar-refractivity contribution >= 4 is 0 Å². The second-order valence-corrected chi connectivity index (χ2v) is 11.1. The molecule has 0 saturated carbocycles. The molecule has 0 heterocycles. The second-order valence-electron chi connectivity index (χ2n) is 11.1. The van der Waals surface area contributed by atoms with Crippen LogP contribution in [0.15, 0.2) is 60.7 Å². The van der Waals surface area contributed by atoms with Crippen molar-refractivity contribution < 1.29 is 33.2 Å². The van der Waals surface area contributed by atoms with E-state index in [0.717, 1.165) is 25.2 Å². The fourth-order valence-electron chi connectivity index (χ4n) is 4.71. The molecule has 0 aromatic heterocycles. The van der Waals surface area contributed by atoms with E-state index in [4.69, 9.17) is 33.2 Å². The van der Waals surface area contributed by atoms with Crippen LogP contribution in [0.1, 0.15) is 76.7 Å². The van der Waals surface area contributed by atoms with Gasteiger partial charge in [-0.1, -0.05) is 113 Å². The molecule has 0 N–H and O–H groups in total. The van der Waals surface area contributed by atoms with Gasteiger partial charge in [0.1, 0.15) is 11.9 Å². The zero-order valence-electron chi connectivity index (χ0n) is 27.5. The molecular weight excluding hydrogens is 556 g/mol. The molecule has 1 atom stereocenters. The maximum absolute atomic E-state index is 6.17. The van der Waals surface area contributed by atoms with Gasteiger partial charge in [0, 0.05) is 13.0 Å². The van der Waals surface area contributed by atoms with E-state index in [9.17, 15) is 0 Å². The highest BCUT2D eigenvalue weighted by Crippen LogP contribution is 2.14. The quantitative estimate of drug-likeness (QED) is 0.0781. The summed E-state index contributed by atoms with van der Waals surface area (Å²) in [5, 5.41) is 0. The first kappa shape index (κ1) is 38.2. The number of hydrogen-bond acceptors (Lipinski definition) is 7. The molecule has 1 unspecified atom stereocenters. The van der Waals surface area contributed by atoms with Crippen LogP contribution >= 0.6 is 0 Å². The van der Waals surface area contributed by atoms with E-state index in [1.54, 1.807) is 0 Å². The monoisotopic (exact) mass is 616 g/mol. The Hall–Kier alpha value is -2.00. The van der Waals surface area contributed by atoms with Crippen molar-refractivity contribution in [3.05, 3.63) is 66.2 Å². The van der Waals surface area contributed by atoms with Crippen LogP contribution in [0.3, 0.4) is 0 Å². The van der Waals surface area contributed by atoms with E-state index in [2.05, 4.69) is 19.1 Å². The Morgan fingerprint density at radius 2 is 0.841 bits per heavy atom. The van der Waals surface area contributed by atoms with E-state index in [1.165, 1.54) is 63.4 Å². The summed E-state index contributed by atoms with van der Waals surface area (Å²) in [4.78, 5) is 0. The van der Waals surface area contributed by atoms with Crippen LogP contribution in [-0.4, -0.2) is 85.4 Å². The van der Waals surface area contributed by atoms with Gasteiger partial charge in [-0.15, -0.1) is 0 Å². The summed E-state index contributed by atoms with van der Waals surface area (Å²) in [6.45, 7) is 9.19. The normalized spacial score (nSPS) is 12.0. The van der Waals surface area contributed by atoms with Crippen LogP contribution in [0.2, 0.25) is 0 Å². The van der Waals surface area contributed by atoms with Crippen LogP contribution in [0.25, 0.3) is 0 Å². The average molecular weight is 617 g/mol. The number of ether oxygens (including phenoxy) is 7. The molecule has 0 saturated heterocycles. The van der Waals surface area contributed by atoms with Gasteiger partial charge in [0.25, 0.3) is 0 Å². The molecule has 0 spiro atoms. The standard InChI is InChI=1S/C37H60O7/c1-2-3-4-5-6-7-8-9-10-17-22-38-23-24-39-25-26-40-27-28-41-29-30-42-31-32-43-34-37(33-35-18-13-11-14-19-35)44-36-20-15-12-16-21-36/h11-16,18-21,37H,2-10,17,22-34H2,1H3. The molecule has 0 radical (unpaired) electrons. The topological polar surface area (TPSA) is 64.6 Å². The van der Waals surface area contributed by atoms with Crippen molar-refractivity contribution in [1.82, 2.24) is 0 Å². The van der Waals surface area contributed by atoms with Gasteiger partial charge >= 0.3 is 0 Å². The fourth-order valence-corrected chi connectivity index (χ4v) is 4.71. The zero-order valence-corrected chi connectivity index (χ0v) is 27.5. The first-order valence-electron chi connectivity index (χ1n) is 17.1. The Morgan fingerprint density at radius 1 is 0.432 bits per heavy atom. The lowest BCUT2D eigenvalue weighted by atomic mass is 10.1. The predicted molar refractivity (Wildman–Crippen MR) is 178 cm³/mol. The number of hydrogen-bond donors (Lipinski definition) is 0. The van der Waals surface area contributed by atoms with Gasteiger partial charge in [0.2, 0.25) is 0 Å². The molecule has 0 bridgehead atoms. The molecule has 0 amide bonds. The molecule has 2 rings (SSSR count). The smallest absolute Gasteiger partial charge is 0.126 e. The molecule has 0 aliphatic heterocycles. The van der Waals surface area contributed by atoms with E-state index in [-0.39, 0.29) is 6.10 Å². The highest BCUT2D eigenvalue weighted by atomic mass is 16.6. The van der Waals surface area contributed by atoms with Gasteiger partial charge in [-0.3, -0.25) is 0 Å². The summed E-state index contributed by atoms with van der Waals surface area (Å²) in [5.41, 5.74) is 1.22. The molecule has 2 aromatic carbocycles. The van der Waals surface area contributed by atoms with E-state index < -0.39 is 0 Å². The third-order valence-electron chi connectivity index (χ3n) is 7.16. The van der Waals surface area contributed by atoms with Gasteiger partial charge in [-0.2, -0.15) is 0 Å². The maximum Gasteiger partial charge on any atom is 0.126 e. The van der Waals surface area contributed by atoms with Crippen LogP contribution in [-0.2, 0) is 34.8 Å². The highest BCUT2D eigenvalue weighted by molar-refractivity contribution is 5.22. The second kappa shape index (κ2) is 29.7. The SMILES string of the molecule is CCCCCCCCCCCCOCCOCCOCCOCCOCCOCC(Cc1ccccc1)Oc1ccccc1. The van der Waals surface area contributed by atoms with Gasteiger partial charge in [0.15, 0.2) is 0 Å². The van der Waals surface area contributed by atoms with E-state index in [1.807, 2.05) is 48.5 Å². The van der Waals surface area contributed by atoms with Crippen molar-refractivity contribution in [2.24, 2.45) is 0 Å². The van der Waals surface area contributed by atoms with E-state index >= 15 is 0 Å². The molecule has 7 nitrogen and oxygen atoms in total. The molecule has 250 valence electrons. The minimum absolute atomic E-state index is 0.0684. The highest BCUT2D eigenvalue weighted by Gasteiger charge is 2.12. The number of rotatable bonds is 32. The number of unbranched alkanes of at least 4 members (excludes halogenated alkanes) is 9. The van der Waals surface area contributed by atoms with Crippen molar-refractivity contribution in [2.45, 2.75) is 83.7 Å². The lowest BCUT2D eigenvalue weighted by molar-refractivity contribution is -0.0217. The summed E-state index contributed by atoms with van der Waals surface area (Å²) >= 11 is 0. The molecule has 0 aliphatic rings. The molecule has 44 heavy (non-hydrogen) atoms. The zero-order chi connectivity index (χ0) is 31.0. The predicted octanol–water partition coefficient (Wildman–Crippen LogP) is 7.70. The van der Waals surface area contributed by atoms with Crippen molar-refractivity contribution in [1.29, 1.82) is 0 Å². The third kappa shape index (κ3) is 23.4. The van der Waals surface area contributed by atoms with Crippen LogP contribution in [0, 0.1) is 0 Å². The fraction of sp³-hybridized carbons (Fsp3) is 0.676. The van der Waals surface area contributed by atoms with E-state index in [0.29, 0.717) is 72.7 Å². The molecule has 7 heteroatoms. The largest absolute Gasteiger partial charge is 0.488 e. The molecular formula is C37H60O7. The summed E-state index contributed by atoms with van der Waals surface area (Å²) in [6, 6.07) is 20.2. The summed E-state index contributed by atoms with van der Waals surface area (Å²) < 4.78 is 40.0. The summed E-state index contributed by atoms with van der Waals surface area (Å²) in [5.74, 6) is 0.849. The molecule has 2 aromatic rings. The van der Waals surface area contributed by atoms with Crippen molar-refractivity contribution in [2.75, 3.05) is 79.3 Å². The van der Waals surface area contributed by atoms with Gasteiger partial charge < -0.3 is 33.2 Å². The summed E-state index contributed by atoms with van der Waals surface area (Å²) in [6.07, 6.45) is 14.2. The number of para-hydroxylation sites is 1. The summed E-state index contributed by atoms with van der Waals surface area (Å²) in [7, 11) is 0. The van der Waals surface area contributed by atoms with Crippen molar-refractivity contribution in [3.63, 3.8) is 0 Å². The minimum Gasteiger partial charge on any atom is -0.488 e. The van der Waals surface area contributed by atoms with Gasteiger partial charge in [-0.25, -0.2) is 0 Å². The van der Waals surface area contributed by atoms with Gasteiger partial charge in [0.05, 0.1) is 72.7 Å². The van der Waals surface area contributed by atoms with Crippen LogP contribution < -0.4 is 4.74 Å². The Labute approximate surface area is 267 Å². The first-order chi connectivity index (χ1) is 21.9. The Bertz CT molecular complexity index is 795. The minimum atomic E-state index is -0.0684. The Balaban J connectivity index is 1.29. The van der Waals surface area contributed by atoms with Gasteiger partial charge in [-0.05, 0) is 24.1 Å². The first-order valence-corrected chi connectivity index (χ1v) is 17.1. The molecule has 0 fully saturated rings. The Kier molecular flexibility index (Phi) is 25.8. The lowest BCUT2D eigenvalue weighted by Crippen LogP contribution is -2.26. The third-order valence-corrected chi connectivity index (χ3v) is 7.16. The Morgan fingerprint density at radius 3 is 1.34 bits per heavy atom. The van der Waals surface area contributed by atoms with Crippen LogP contribution in [0.5, 0.6) is 5.75 Å². The lowest BCUT2D eigenvalue weighted by Gasteiger charge is -2.19. The van der Waals surface area contributed by atoms with Crippen LogP contribution in [0.4, 0.5) is 0 Å². The number of benzene rings is 2. The van der Waals surface area contributed by atoms with Crippen molar-refractivity contribution in [3.8, 4) is 5.75 Å². The average Bonchev–Trinajstić information content (AvgIpc) is 3.05.